The molecule has 158 valence electrons. The van der Waals surface area contributed by atoms with Crippen LogP contribution in [-0.2, 0) is 22.0 Å². The average molecular weight is 450 g/mol. The first-order valence-corrected chi connectivity index (χ1v) is 11.3. The highest BCUT2D eigenvalue weighted by atomic mass is 35.5. The summed E-state index contributed by atoms with van der Waals surface area (Å²) < 4.78 is 42.5. The number of benzene rings is 1. The lowest BCUT2D eigenvalue weighted by atomic mass is 9.88. The van der Waals surface area contributed by atoms with Crippen molar-refractivity contribution in [3.63, 3.8) is 0 Å². The van der Waals surface area contributed by atoms with E-state index in [1.807, 2.05) is 0 Å². The molecule has 1 aliphatic rings. The highest BCUT2D eigenvalue weighted by molar-refractivity contribution is 7.89. The SMILES string of the molecule is CC(C)(F)CNS(=O)(=O)c1cc2c(c3cnc(Cl)cc13)CCC2(O)c1cccnc1. The molecule has 0 saturated heterocycles. The van der Waals surface area contributed by atoms with Crippen molar-refractivity contribution in [3.05, 3.63) is 64.7 Å². The van der Waals surface area contributed by atoms with Gasteiger partial charge in [-0.1, -0.05) is 17.7 Å². The van der Waals surface area contributed by atoms with Crippen LogP contribution in [-0.4, -0.2) is 35.7 Å². The summed E-state index contributed by atoms with van der Waals surface area (Å²) in [6.07, 6.45) is 5.60. The quantitative estimate of drug-likeness (QED) is 0.582. The van der Waals surface area contributed by atoms with E-state index >= 15 is 0 Å². The van der Waals surface area contributed by atoms with Gasteiger partial charge in [0.05, 0.1) is 4.90 Å². The predicted octanol–water partition coefficient (Wildman–Crippen LogP) is 3.49. The van der Waals surface area contributed by atoms with Gasteiger partial charge in [-0.25, -0.2) is 22.5 Å². The molecule has 2 N–H and O–H groups in total. The molecule has 4 rings (SSSR count). The van der Waals surface area contributed by atoms with Gasteiger partial charge in [0, 0.05) is 41.5 Å². The van der Waals surface area contributed by atoms with Gasteiger partial charge in [0.25, 0.3) is 0 Å². The second kappa shape index (κ2) is 7.23. The number of aryl methyl sites for hydroxylation is 1. The summed E-state index contributed by atoms with van der Waals surface area (Å²) in [5.74, 6) is 0. The number of fused-ring (bicyclic) bond motifs is 3. The molecule has 1 unspecified atom stereocenters. The van der Waals surface area contributed by atoms with E-state index < -0.39 is 21.3 Å². The molecular weight excluding hydrogens is 429 g/mol. The summed E-state index contributed by atoms with van der Waals surface area (Å²) in [4.78, 5) is 8.12. The third-order valence-corrected chi connectivity index (χ3v) is 7.00. The maximum Gasteiger partial charge on any atom is 0.241 e. The average Bonchev–Trinajstić information content (AvgIpc) is 3.04. The van der Waals surface area contributed by atoms with Crippen molar-refractivity contribution >= 4 is 32.4 Å². The fourth-order valence-electron chi connectivity index (χ4n) is 3.87. The number of alkyl halides is 1. The largest absolute Gasteiger partial charge is 0.380 e. The minimum atomic E-state index is -4.09. The van der Waals surface area contributed by atoms with Gasteiger partial charge in [-0.2, -0.15) is 0 Å². The van der Waals surface area contributed by atoms with Gasteiger partial charge in [0.1, 0.15) is 16.4 Å². The third-order valence-electron chi connectivity index (χ3n) is 5.36. The van der Waals surface area contributed by atoms with Crippen molar-refractivity contribution in [1.29, 1.82) is 0 Å². The summed E-state index contributed by atoms with van der Waals surface area (Å²) >= 11 is 6.05. The highest BCUT2D eigenvalue weighted by Gasteiger charge is 2.41. The third kappa shape index (κ3) is 3.69. The Morgan fingerprint density at radius 1 is 1.30 bits per heavy atom. The summed E-state index contributed by atoms with van der Waals surface area (Å²) in [5.41, 5.74) is -1.25. The molecule has 0 fully saturated rings. The fourth-order valence-corrected chi connectivity index (χ4v) is 5.45. The fraction of sp³-hybridized carbons (Fsp3) is 0.333. The Labute approximate surface area is 179 Å². The Kier molecular flexibility index (Phi) is 5.09. The van der Waals surface area contributed by atoms with Crippen molar-refractivity contribution in [1.82, 2.24) is 14.7 Å². The topological polar surface area (TPSA) is 92.2 Å². The molecule has 0 saturated carbocycles. The molecule has 2 heterocycles. The first kappa shape index (κ1) is 21.1. The van der Waals surface area contributed by atoms with Crippen LogP contribution in [0.2, 0.25) is 5.15 Å². The number of nitrogens with zero attached hydrogens (tertiary/aromatic N) is 2. The van der Waals surface area contributed by atoms with Crippen LogP contribution in [0.25, 0.3) is 10.8 Å². The Balaban J connectivity index is 1.96. The van der Waals surface area contributed by atoms with Gasteiger partial charge in [-0.05, 0) is 56.0 Å². The number of sulfonamides is 1. The first-order chi connectivity index (χ1) is 14.0. The zero-order valence-corrected chi connectivity index (χ0v) is 18.1. The van der Waals surface area contributed by atoms with Gasteiger partial charge in [0.2, 0.25) is 10.0 Å². The van der Waals surface area contributed by atoms with Gasteiger partial charge < -0.3 is 5.11 Å². The molecule has 0 spiro atoms. The maximum atomic E-state index is 14.0. The van der Waals surface area contributed by atoms with Crippen molar-refractivity contribution in [3.8, 4) is 0 Å². The van der Waals surface area contributed by atoms with Gasteiger partial charge >= 0.3 is 0 Å². The second-order valence-corrected chi connectivity index (χ2v) is 10.2. The van der Waals surface area contributed by atoms with Crippen LogP contribution in [0.4, 0.5) is 4.39 Å². The summed E-state index contributed by atoms with van der Waals surface area (Å²) in [6.45, 7) is 2.19. The minimum Gasteiger partial charge on any atom is -0.380 e. The van der Waals surface area contributed by atoms with Crippen LogP contribution in [0, 0.1) is 0 Å². The molecule has 30 heavy (non-hydrogen) atoms. The minimum absolute atomic E-state index is 0.0750. The van der Waals surface area contributed by atoms with Crippen LogP contribution in [0.5, 0.6) is 0 Å². The zero-order chi connectivity index (χ0) is 21.7. The van der Waals surface area contributed by atoms with E-state index in [1.165, 1.54) is 32.2 Å². The lowest BCUT2D eigenvalue weighted by molar-refractivity contribution is 0.0824. The molecule has 0 bridgehead atoms. The Morgan fingerprint density at radius 2 is 2.07 bits per heavy atom. The maximum absolute atomic E-state index is 14.0. The highest BCUT2D eigenvalue weighted by Crippen LogP contribution is 2.46. The van der Waals surface area contributed by atoms with E-state index in [4.69, 9.17) is 11.6 Å². The normalized spacial score (nSPS) is 19.2. The summed E-state index contributed by atoms with van der Waals surface area (Å²) in [6, 6.07) is 6.41. The molecule has 0 radical (unpaired) electrons. The molecular formula is C21H21ClFN3O3S. The predicted molar refractivity (Wildman–Crippen MR) is 113 cm³/mol. The number of halogens is 2. The smallest absolute Gasteiger partial charge is 0.241 e. The first-order valence-electron chi connectivity index (χ1n) is 9.44. The molecule has 0 aliphatic heterocycles. The van der Waals surface area contributed by atoms with Crippen molar-refractivity contribution < 1.29 is 17.9 Å². The van der Waals surface area contributed by atoms with E-state index in [0.29, 0.717) is 34.7 Å². The number of pyridine rings is 2. The van der Waals surface area contributed by atoms with Crippen LogP contribution < -0.4 is 4.72 Å². The number of hydrogen-bond acceptors (Lipinski definition) is 5. The molecule has 1 atom stereocenters. The van der Waals surface area contributed by atoms with Crippen molar-refractivity contribution in [2.75, 3.05) is 6.54 Å². The van der Waals surface area contributed by atoms with E-state index in [1.54, 1.807) is 24.5 Å². The van der Waals surface area contributed by atoms with Crippen LogP contribution in [0.3, 0.4) is 0 Å². The van der Waals surface area contributed by atoms with Crippen LogP contribution >= 0.6 is 11.6 Å². The van der Waals surface area contributed by atoms with Crippen LogP contribution in [0.15, 0.2) is 47.8 Å². The molecule has 9 heteroatoms. The Bertz CT molecular complexity index is 1230. The van der Waals surface area contributed by atoms with Crippen molar-refractivity contribution in [2.24, 2.45) is 0 Å². The van der Waals surface area contributed by atoms with E-state index in [9.17, 15) is 17.9 Å². The standard InChI is InChI=1S/C21H21ClFN3O3S/c1-20(2,23)12-26-30(28,29)18-9-17-14(16-11-25-19(22)8-15(16)18)5-6-21(17,27)13-4-3-7-24-10-13/h3-4,7-11,26-27H,5-6,12H2,1-2H3. The molecule has 2 aromatic heterocycles. The van der Waals surface area contributed by atoms with E-state index in [-0.39, 0.29) is 16.6 Å². The van der Waals surface area contributed by atoms with E-state index in [0.717, 1.165) is 5.56 Å². The number of rotatable bonds is 5. The summed E-state index contributed by atoms with van der Waals surface area (Å²) in [5, 5.41) is 12.6. The molecule has 3 aromatic rings. The lowest BCUT2D eigenvalue weighted by Gasteiger charge is -2.25. The molecule has 1 aromatic carbocycles. The Morgan fingerprint density at radius 3 is 2.73 bits per heavy atom. The number of aliphatic hydroxyl groups is 1. The molecule has 6 nitrogen and oxygen atoms in total. The lowest BCUT2D eigenvalue weighted by Crippen LogP contribution is -2.35. The van der Waals surface area contributed by atoms with Gasteiger partial charge in [0.15, 0.2) is 0 Å². The number of hydrogen-bond donors (Lipinski definition) is 2. The van der Waals surface area contributed by atoms with Crippen molar-refractivity contribution in [2.45, 2.75) is 42.9 Å². The summed E-state index contributed by atoms with van der Waals surface area (Å²) in [7, 11) is -4.09. The number of aromatic nitrogens is 2. The van der Waals surface area contributed by atoms with E-state index in [2.05, 4.69) is 14.7 Å². The number of nitrogens with one attached hydrogen (secondary N) is 1. The van der Waals surface area contributed by atoms with Crippen LogP contribution in [0.1, 0.15) is 37.0 Å². The monoisotopic (exact) mass is 449 g/mol. The second-order valence-electron chi connectivity index (χ2n) is 8.10. The van der Waals surface area contributed by atoms with Gasteiger partial charge in [-0.15, -0.1) is 0 Å². The molecule has 0 amide bonds. The molecule has 1 aliphatic carbocycles. The van der Waals surface area contributed by atoms with Gasteiger partial charge in [-0.3, -0.25) is 4.98 Å². The zero-order valence-electron chi connectivity index (χ0n) is 16.5. The Hall–Kier alpha value is -2.13.